The zero-order chi connectivity index (χ0) is 8.69. The van der Waals surface area contributed by atoms with E-state index in [9.17, 15) is 4.79 Å². The first-order valence-corrected chi connectivity index (χ1v) is 4.06. The smallest absolute Gasteiger partial charge is 0.153 e. The molecule has 64 valence electrons. The van der Waals surface area contributed by atoms with Gasteiger partial charge in [-0.25, -0.2) is 0 Å². The zero-order valence-electron chi connectivity index (χ0n) is 7.55. The minimum atomic E-state index is 0.0578. The van der Waals surface area contributed by atoms with Crippen molar-refractivity contribution in [1.29, 1.82) is 0 Å². The Labute approximate surface area is 68.7 Å². The van der Waals surface area contributed by atoms with Gasteiger partial charge in [0.15, 0.2) is 5.78 Å². The van der Waals surface area contributed by atoms with Crippen molar-refractivity contribution in [1.82, 2.24) is 5.32 Å². The number of Topliss-reactive ketones (excluding diaryl/α,β-unsaturated/α-hetero) is 1. The van der Waals surface area contributed by atoms with E-state index in [-0.39, 0.29) is 11.7 Å². The van der Waals surface area contributed by atoms with Crippen molar-refractivity contribution in [3.05, 3.63) is 12.2 Å². The second-order valence-corrected chi connectivity index (χ2v) is 2.62. The first-order chi connectivity index (χ1) is 5.22. The molecule has 1 atom stereocenters. The monoisotopic (exact) mass is 155 g/mol. The summed E-state index contributed by atoms with van der Waals surface area (Å²) in [5.41, 5.74) is 0. The third-order valence-electron chi connectivity index (χ3n) is 1.52. The van der Waals surface area contributed by atoms with Crippen LogP contribution in [0.2, 0.25) is 0 Å². The molecular weight excluding hydrogens is 138 g/mol. The molecule has 0 saturated carbocycles. The van der Waals surface area contributed by atoms with Crippen molar-refractivity contribution >= 4 is 5.78 Å². The fraction of sp³-hybridized carbons (Fsp3) is 0.667. The summed E-state index contributed by atoms with van der Waals surface area (Å²) in [5, 5.41) is 2.84. The Kier molecular flexibility index (Phi) is 5.75. The average molecular weight is 155 g/mol. The summed E-state index contributed by atoms with van der Waals surface area (Å²) >= 11 is 0. The summed E-state index contributed by atoms with van der Waals surface area (Å²) < 4.78 is 0. The lowest BCUT2D eigenvalue weighted by Crippen LogP contribution is -2.23. The van der Waals surface area contributed by atoms with Crippen molar-refractivity contribution in [2.24, 2.45) is 5.92 Å². The summed E-state index contributed by atoms with van der Waals surface area (Å²) in [4.78, 5) is 11.1. The van der Waals surface area contributed by atoms with E-state index in [2.05, 4.69) is 12.2 Å². The molecule has 0 bridgehead atoms. The molecule has 0 aliphatic heterocycles. The maximum Gasteiger partial charge on any atom is 0.153 e. The third-order valence-corrected chi connectivity index (χ3v) is 1.52. The largest absolute Gasteiger partial charge is 0.313 e. The Bertz CT molecular complexity index is 140. The quantitative estimate of drug-likeness (QED) is 0.608. The van der Waals surface area contributed by atoms with Crippen LogP contribution < -0.4 is 5.32 Å². The van der Waals surface area contributed by atoms with E-state index in [0.29, 0.717) is 6.54 Å². The van der Waals surface area contributed by atoms with Crippen LogP contribution in [-0.4, -0.2) is 19.4 Å². The predicted octanol–water partition coefficient (Wildman–Crippen LogP) is 1.38. The predicted molar refractivity (Wildman–Crippen MR) is 47.5 cm³/mol. The molecule has 0 radical (unpaired) electrons. The molecule has 11 heavy (non-hydrogen) atoms. The SMILES string of the molecule is CCC=CC(C)C(=O)CNC. The van der Waals surface area contributed by atoms with Crippen molar-refractivity contribution in [2.45, 2.75) is 20.3 Å². The minimum Gasteiger partial charge on any atom is -0.313 e. The normalized spacial score (nSPS) is 13.7. The van der Waals surface area contributed by atoms with Crippen molar-refractivity contribution in [3.8, 4) is 0 Å². The summed E-state index contributed by atoms with van der Waals surface area (Å²) in [6.45, 7) is 4.45. The van der Waals surface area contributed by atoms with Crippen LogP contribution in [0.3, 0.4) is 0 Å². The first-order valence-electron chi connectivity index (χ1n) is 4.06. The fourth-order valence-corrected chi connectivity index (χ4v) is 0.783. The molecule has 2 nitrogen and oxygen atoms in total. The van der Waals surface area contributed by atoms with E-state index in [1.54, 1.807) is 7.05 Å². The summed E-state index contributed by atoms with van der Waals surface area (Å²) in [6.07, 6.45) is 4.98. The Morgan fingerprint density at radius 2 is 2.27 bits per heavy atom. The van der Waals surface area contributed by atoms with Crippen molar-refractivity contribution < 1.29 is 4.79 Å². The van der Waals surface area contributed by atoms with Crippen LogP contribution in [-0.2, 0) is 4.79 Å². The van der Waals surface area contributed by atoms with Crippen LogP contribution >= 0.6 is 0 Å². The van der Waals surface area contributed by atoms with E-state index < -0.39 is 0 Å². The van der Waals surface area contributed by atoms with Gasteiger partial charge in [0.2, 0.25) is 0 Å². The van der Waals surface area contributed by atoms with Crippen LogP contribution in [0.25, 0.3) is 0 Å². The number of ketones is 1. The Morgan fingerprint density at radius 3 is 2.73 bits per heavy atom. The highest BCUT2D eigenvalue weighted by atomic mass is 16.1. The van der Waals surface area contributed by atoms with Gasteiger partial charge in [-0.1, -0.05) is 26.0 Å². The van der Waals surface area contributed by atoms with Gasteiger partial charge in [-0.15, -0.1) is 0 Å². The molecule has 2 heteroatoms. The molecule has 0 aromatic carbocycles. The highest BCUT2D eigenvalue weighted by Gasteiger charge is 2.06. The molecule has 0 aliphatic rings. The number of rotatable bonds is 5. The Morgan fingerprint density at radius 1 is 1.64 bits per heavy atom. The molecular formula is C9H17NO. The second kappa shape index (κ2) is 6.10. The summed E-state index contributed by atoms with van der Waals surface area (Å²) in [6, 6.07) is 0. The van der Waals surface area contributed by atoms with Crippen LogP contribution in [0, 0.1) is 5.92 Å². The number of nitrogens with one attached hydrogen (secondary N) is 1. The lowest BCUT2D eigenvalue weighted by atomic mass is 10.1. The van der Waals surface area contributed by atoms with E-state index >= 15 is 0 Å². The van der Waals surface area contributed by atoms with Gasteiger partial charge in [0.1, 0.15) is 0 Å². The topological polar surface area (TPSA) is 29.1 Å². The molecule has 1 unspecified atom stereocenters. The van der Waals surface area contributed by atoms with Gasteiger partial charge in [-0.3, -0.25) is 4.79 Å². The molecule has 0 saturated heterocycles. The van der Waals surface area contributed by atoms with Crippen LogP contribution in [0.5, 0.6) is 0 Å². The van der Waals surface area contributed by atoms with Crippen LogP contribution in [0.4, 0.5) is 0 Å². The number of carbonyl (C=O) groups excluding carboxylic acids is 1. The first kappa shape index (κ1) is 10.4. The van der Waals surface area contributed by atoms with Gasteiger partial charge in [0, 0.05) is 5.92 Å². The summed E-state index contributed by atoms with van der Waals surface area (Å²) in [7, 11) is 1.79. The number of hydrogen-bond acceptors (Lipinski definition) is 2. The minimum absolute atomic E-state index is 0.0578. The van der Waals surface area contributed by atoms with E-state index in [1.807, 2.05) is 19.1 Å². The highest BCUT2D eigenvalue weighted by Crippen LogP contribution is 1.98. The molecule has 1 N–H and O–H groups in total. The molecule has 0 heterocycles. The molecule has 0 amide bonds. The molecule has 0 aliphatic carbocycles. The van der Waals surface area contributed by atoms with Crippen molar-refractivity contribution in [3.63, 3.8) is 0 Å². The Balaban J connectivity index is 3.72. The lowest BCUT2D eigenvalue weighted by molar-refractivity contribution is -0.120. The van der Waals surface area contributed by atoms with Gasteiger partial charge in [-0.2, -0.15) is 0 Å². The molecule has 0 fully saturated rings. The maximum absolute atomic E-state index is 11.1. The van der Waals surface area contributed by atoms with E-state index in [4.69, 9.17) is 0 Å². The number of allylic oxidation sites excluding steroid dienone is 2. The van der Waals surface area contributed by atoms with Gasteiger partial charge in [0.05, 0.1) is 6.54 Å². The third kappa shape index (κ3) is 4.73. The van der Waals surface area contributed by atoms with E-state index in [1.165, 1.54) is 0 Å². The standard InChI is InChI=1S/C9H17NO/c1-4-5-6-8(2)9(11)7-10-3/h5-6,8,10H,4,7H2,1-3H3. The van der Waals surface area contributed by atoms with Crippen molar-refractivity contribution in [2.75, 3.05) is 13.6 Å². The molecule has 0 aromatic rings. The Hall–Kier alpha value is -0.630. The van der Waals surface area contributed by atoms with Gasteiger partial charge >= 0.3 is 0 Å². The fourth-order valence-electron chi connectivity index (χ4n) is 0.783. The molecule has 0 aromatic heterocycles. The van der Waals surface area contributed by atoms with Gasteiger partial charge in [-0.05, 0) is 13.5 Å². The summed E-state index contributed by atoms with van der Waals surface area (Å²) in [5.74, 6) is 0.305. The molecule has 0 rings (SSSR count). The number of hydrogen-bond donors (Lipinski definition) is 1. The van der Waals surface area contributed by atoms with E-state index in [0.717, 1.165) is 6.42 Å². The van der Waals surface area contributed by atoms with Crippen LogP contribution in [0.1, 0.15) is 20.3 Å². The maximum atomic E-state index is 11.1. The van der Waals surface area contributed by atoms with Gasteiger partial charge in [0.25, 0.3) is 0 Å². The average Bonchev–Trinajstić information content (AvgIpc) is 2.00. The number of likely N-dealkylation sites (N-methyl/N-ethyl adjacent to an activating group) is 1. The second-order valence-electron chi connectivity index (χ2n) is 2.62. The molecule has 0 spiro atoms. The number of carbonyl (C=O) groups is 1. The zero-order valence-corrected chi connectivity index (χ0v) is 7.55. The van der Waals surface area contributed by atoms with Crippen LogP contribution in [0.15, 0.2) is 12.2 Å². The lowest BCUT2D eigenvalue weighted by Gasteiger charge is -2.03. The highest BCUT2D eigenvalue weighted by molar-refractivity contribution is 5.84. The van der Waals surface area contributed by atoms with Gasteiger partial charge < -0.3 is 5.32 Å².